The highest BCUT2D eigenvalue weighted by atomic mass is 16.4. The second kappa shape index (κ2) is 4.44. The van der Waals surface area contributed by atoms with Gasteiger partial charge in [0.25, 0.3) is 5.91 Å². The molecule has 0 radical (unpaired) electrons. The van der Waals surface area contributed by atoms with Crippen molar-refractivity contribution in [3.05, 3.63) is 22.4 Å². The van der Waals surface area contributed by atoms with E-state index in [4.69, 9.17) is 5.11 Å². The zero-order chi connectivity index (χ0) is 12.4. The first-order valence-electron chi connectivity index (χ1n) is 5.37. The van der Waals surface area contributed by atoms with Crippen molar-refractivity contribution in [2.45, 2.75) is 25.3 Å². The highest BCUT2D eigenvalue weighted by molar-refractivity contribution is 5.92. The Labute approximate surface area is 96.2 Å². The Morgan fingerprint density at radius 1 is 1.41 bits per heavy atom. The SMILES string of the molecule is O=C(N[C@H]1CC[C@@H](C(=O)O)C1)c1c[nH]c(=O)[nH]1. The van der Waals surface area contributed by atoms with Crippen molar-refractivity contribution in [1.82, 2.24) is 15.3 Å². The number of imidazole rings is 1. The van der Waals surface area contributed by atoms with E-state index < -0.39 is 11.7 Å². The number of amides is 1. The number of nitrogens with one attached hydrogen (secondary N) is 3. The van der Waals surface area contributed by atoms with E-state index in [1.165, 1.54) is 6.20 Å². The van der Waals surface area contributed by atoms with Crippen molar-refractivity contribution in [1.29, 1.82) is 0 Å². The van der Waals surface area contributed by atoms with Crippen LogP contribution in [0, 0.1) is 5.92 Å². The number of hydrogen-bond donors (Lipinski definition) is 4. The zero-order valence-electron chi connectivity index (χ0n) is 9.03. The summed E-state index contributed by atoms with van der Waals surface area (Å²) in [6.45, 7) is 0. The van der Waals surface area contributed by atoms with Crippen LogP contribution < -0.4 is 11.0 Å². The van der Waals surface area contributed by atoms with Crippen molar-refractivity contribution in [2.75, 3.05) is 0 Å². The van der Waals surface area contributed by atoms with Crippen LogP contribution in [-0.2, 0) is 4.79 Å². The van der Waals surface area contributed by atoms with Crippen molar-refractivity contribution in [3.8, 4) is 0 Å². The van der Waals surface area contributed by atoms with Crippen molar-refractivity contribution >= 4 is 11.9 Å². The largest absolute Gasteiger partial charge is 0.481 e. The number of rotatable bonds is 3. The Bertz CT molecular complexity index is 490. The van der Waals surface area contributed by atoms with Gasteiger partial charge in [-0.05, 0) is 19.3 Å². The Balaban J connectivity index is 1.92. The van der Waals surface area contributed by atoms with Crippen LogP contribution in [0.15, 0.2) is 11.0 Å². The molecule has 0 bridgehead atoms. The summed E-state index contributed by atoms with van der Waals surface area (Å²) in [5, 5.41) is 11.5. The second-order valence-corrected chi connectivity index (χ2v) is 4.18. The smallest absolute Gasteiger partial charge is 0.323 e. The van der Waals surface area contributed by atoms with E-state index in [0.717, 1.165) is 0 Å². The topological polar surface area (TPSA) is 115 Å². The van der Waals surface area contributed by atoms with Crippen LogP contribution in [0.3, 0.4) is 0 Å². The molecule has 0 saturated heterocycles. The van der Waals surface area contributed by atoms with Crippen LogP contribution in [0.25, 0.3) is 0 Å². The first kappa shape index (κ1) is 11.4. The molecule has 92 valence electrons. The van der Waals surface area contributed by atoms with E-state index in [-0.39, 0.29) is 23.6 Å². The molecular formula is C10H13N3O4. The number of aromatic amines is 2. The number of carbonyl (C=O) groups excluding carboxylic acids is 1. The lowest BCUT2D eigenvalue weighted by atomic mass is 10.1. The maximum Gasteiger partial charge on any atom is 0.323 e. The van der Waals surface area contributed by atoms with E-state index in [0.29, 0.717) is 19.3 Å². The lowest BCUT2D eigenvalue weighted by molar-refractivity contribution is -0.141. The molecule has 7 nitrogen and oxygen atoms in total. The predicted molar refractivity (Wildman–Crippen MR) is 57.6 cm³/mol. The third kappa shape index (κ3) is 2.55. The highest BCUT2D eigenvalue weighted by Crippen LogP contribution is 2.25. The van der Waals surface area contributed by atoms with Gasteiger partial charge in [-0.25, -0.2) is 4.79 Å². The van der Waals surface area contributed by atoms with Crippen LogP contribution in [-0.4, -0.2) is 33.0 Å². The minimum absolute atomic E-state index is 0.137. The van der Waals surface area contributed by atoms with E-state index >= 15 is 0 Å². The van der Waals surface area contributed by atoms with Crippen LogP contribution in [0.5, 0.6) is 0 Å². The fourth-order valence-corrected chi connectivity index (χ4v) is 2.05. The first-order chi connectivity index (χ1) is 8.06. The molecule has 4 N–H and O–H groups in total. The average Bonchev–Trinajstić information content (AvgIpc) is 2.86. The van der Waals surface area contributed by atoms with E-state index in [2.05, 4.69) is 15.3 Å². The predicted octanol–water partition coefficient (Wildman–Crippen LogP) is -0.314. The number of carboxylic acids is 1. The normalized spacial score (nSPS) is 23.5. The molecule has 1 aliphatic carbocycles. The zero-order valence-corrected chi connectivity index (χ0v) is 9.03. The molecule has 1 amide bonds. The van der Waals surface area contributed by atoms with E-state index in [9.17, 15) is 14.4 Å². The standard InChI is InChI=1S/C10H13N3O4/c14-8(7-4-11-10(17)13-7)12-6-2-1-5(3-6)9(15)16/h4-6H,1-3H2,(H,12,14)(H,15,16)(H2,11,13,17)/t5-,6+/m1/s1. The molecule has 1 aromatic heterocycles. The summed E-state index contributed by atoms with van der Waals surface area (Å²) in [6.07, 6.45) is 2.96. The molecule has 1 heterocycles. The summed E-state index contributed by atoms with van der Waals surface area (Å²) in [7, 11) is 0. The molecule has 1 saturated carbocycles. The molecule has 2 atom stereocenters. The Hall–Kier alpha value is -2.05. The molecule has 0 unspecified atom stereocenters. The lowest BCUT2D eigenvalue weighted by Crippen LogP contribution is -2.33. The van der Waals surface area contributed by atoms with Gasteiger partial charge in [0.2, 0.25) is 0 Å². The van der Waals surface area contributed by atoms with Gasteiger partial charge in [0, 0.05) is 12.2 Å². The monoisotopic (exact) mass is 239 g/mol. The minimum atomic E-state index is -0.822. The van der Waals surface area contributed by atoms with Crippen molar-refractivity contribution in [2.24, 2.45) is 5.92 Å². The Morgan fingerprint density at radius 3 is 2.71 bits per heavy atom. The number of aromatic nitrogens is 2. The fraction of sp³-hybridized carbons (Fsp3) is 0.500. The maximum absolute atomic E-state index is 11.6. The number of carbonyl (C=O) groups is 2. The van der Waals surface area contributed by atoms with Crippen LogP contribution in [0.4, 0.5) is 0 Å². The summed E-state index contributed by atoms with van der Waals surface area (Å²) < 4.78 is 0. The van der Waals surface area contributed by atoms with Gasteiger partial charge in [-0.3, -0.25) is 9.59 Å². The average molecular weight is 239 g/mol. The van der Waals surface area contributed by atoms with Gasteiger partial charge in [-0.15, -0.1) is 0 Å². The molecule has 17 heavy (non-hydrogen) atoms. The minimum Gasteiger partial charge on any atom is -0.481 e. The second-order valence-electron chi connectivity index (χ2n) is 4.18. The van der Waals surface area contributed by atoms with Gasteiger partial charge >= 0.3 is 11.7 Å². The molecule has 1 aromatic rings. The quantitative estimate of drug-likeness (QED) is 0.578. The van der Waals surface area contributed by atoms with Crippen LogP contribution in [0.2, 0.25) is 0 Å². The lowest BCUT2D eigenvalue weighted by Gasteiger charge is -2.10. The van der Waals surface area contributed by atoms with Crippen molar-refractivity contribution in [3.63, 3.8) is 0 Å². The first-order valence-corrected chi connectivity index (χ1v) is 5.37. The van der Waals surface area contributed by atoms with Gasteiger partial charge in [-0.2, -0.15) is 0 Å². The number of aliphatic carboxylic acids is 1. The van der Waals surface area contributed by atoms with Gasteiger partial charge in [0.15, 0.2) is 0 Å². The van der Waals surface area contributed by atoms with Crippen LogP contribution in [0.1, 0.15) is 29.8 Å². The van der Waals surface area contributed by atoms with Crippen LogP contribution >= 0.6 is 0 Å². The summed E-state index contributed by atoms with van der Waals surface area (Å²) >= 11 is 0. The van der Waals surface area contributed by atoms with Gasteiger partial charge in [0.1, 0.15) is 5.69 Å². The van der Waals surface area contributed by atoms with E-state index in [1.54, 1.807) is 0 Å². The van der Waals surface area contributed by atoms with Gasteiger partial charge in [0.05, 0.1) is 5.92 Å². The third-order valence-electron chi connectivity index (χ3n) is 2.96. The Kier molecular flexibility index (Phi) is 2.99. The maximum atomic E-state index is 11.6. The third-order valence-corrected chi connectivity index (χ3v) is 2.96. The van der Waals surface area contributed by atoms with E-state index in [1.807, 2.05) is 0 Å². The molecule has 1 aliphatic rings. The molecule has 0 spiro atoms. The summed E-state index contributed by atoms with van der Waals surface area (Å²) in [5.41, 5.74) is -0.279. The molecule has 0 aromatic carbocycles. The number of hydrogen-bond acceptors (Lipinski definition) is 3. The Morgan fingerprint density at radius 2 is 2.18 bits per heavy atom. The summed E-state index contributed by atoms with van der Waals surface area (Å²) in [5.74, 6) is -1.60. The molecule has 2 rings (SSSR count). The summed E-state index contributed by atoms with van der Waals surface area (Å²) in [6, 6.07) is -0.137. The number of carboxylic acid groups (broad SMARTS) is 1. The fourth-order valence-electron chi connectivity index (χ4n) is 2.05. The van der Waals surface area contributed by atoms with Gasteiger partial charge in [-0.1, -0.05) is 0 Å². The van der Waals surface area contributed by atoms with Crippen molar-refractivity contribution < 1.29 is 14.7 Å². The molecule has 7 heteroatoms. The molecule has 0 aliphatic heterocycles. The molecule has 1 fully saturated rings. The summed E-state index contributed by atoms with van der Waals surface area (Å²) in [4.78, 5) is 37.9. The molecular weight excluding hydrogens is 226 g/mol. The highest BCUT2D eigenvalue weighted by Gasteiger charge is 2.30. The van der Waals surface area contributed by atoms with Gasteiger partial charge < -0.3 is 20.4 Å². The number of H-pyrrole nitrogens is 2.